The van der Waals surface area contributed by atoms with Crippen molar-refractivity contribution in [3.8, 4) is 0 Å². The molecule has 3 fully saturated rings. The maximum atomic E-state index is 13.7. The molecule has 0 aliphatic carbocycles. The van der Waals surface area contributed by atoms with Crippen LogP contribution >= 0.6 is 0 Å². The molecule has 43 heavy (non-hydrogen) atoms. The maximum absolute atomic E-state index is 13.7. The van der Waals surface area contributed by atoms with Gasteiger partial charge in [0.15, 0.2) is 0 Å². The Labute approximate surface area is 252 Å². The molecule has 0 radical (unpaired) electrons. The van der Waals surface area contributed by atoms with Gasteiger partial charge in [-0.3, -0.25) is 0 Å². The van der Waals surface area contributed by atoms with Crippen molar-refractivity contribution in [1.82, 2.24) is 19.6 Å². The van der Waals surface area contributed by atoms with E-state index in [9.17, 15) is 14.4 Å². The third kappa shape index (κ3) is 5.62. The molecule has 10 nitrogen and oxygen atoms in total. The fourth-order valence-electron chi connectivity index (χ4n) is 6.62. The van der Waals surface area contributed by atoms with Crippen molar-refractivity contribution in [1.29, 1.82) is 0 Å². The molecule has 6 rings (SSSR count). The van der Waals surface area contributed by atoms with Crippen LogP contribution in [0, 0.1) is 20.8 Å². The second kappa shape index (κ2) is 12.0. The van der Waals surface area contributed by atoms with Crippen LogP contribution in [0.25, 0.3) is 0 Å². The van der Waals surface area contributed by atoms with Crippen LogP contribution in [-0.4, -0.2) is 75.8 Å². The third-order valence-corrected chi connectivity index (χ3v) is 8.94. The smallest absolute Gasteiger partial charge is 0.308 e. The van der Waals surface area contributed by atoms with Gasteiger partial charge in [-0.2, -0.15) is 0 Å². The van der Waals surface area contributed by atoms with Gasteiger partial charge in [0.25, 0.3) is 0 Å². The summed E-state index contributed by atoms with van der Waals surface area (Å²) >= 11 is 0. The van der Waals surface area contributed by atoms with Crippen molar-refractivity contribution in [2.45, 2.75) is 58.5 Å². The Morgan fingerprint density at radius 2 is 0.791 bits per heavy atom. The summed E-state index contributed by atoms with van der Waals surface area (Å²) in [5, 5.41) is 9.30. The predicted octanol–water partition coefficient (Wildman–Crippen LogP) is 6.01. The van der Waals surface area contributed by atoms with Gasteiger partial charge in [-0.1, -0.05) is 54.6 Å². The van der Waals surface area contributed by atoms with E-state index in [1.165, 1.54) is 0 Å². The van der Waals surface area contributed by atoms with E-state index in [0.717, 1.165) is 33.8 Å². The number of benzene rings is 3. The van der Waals surface area contributed by atoms with Crippen molar-refractivity contribution in [3.05, 3.63) is 89.5 Å². The van der Waals surface area contributed by atoms with Gasteiger partial charge in [-0.15, -0.1) is 0 Å². The number of carbonyl (C=O) groups is 3. The molecule has 10 heteroatoms. The zero-order valence-corrected chi connectivity index (χ0v) is 24.9. The molecule has 0 spiro atoms. The molecule has 3 aromatic rings. The van der Waals surface area contributed by atoms with E-state index < -0.39 is 0 Å². The quantitative estimate of drug-likeness (QED) is 0.353. The molecule has 6 amide bonds. The monoisotopic (exact) mass is 581 g/mol. The molecular weight excluding hydrogens is 542 g/mol. The highest BCUT2D eigenvalue weighted by Crippen LogP contribution is 2.38. The zero-order chi connectivity index (χ0) is 30.1. The minimum atomic E-state index is -0.260. The lowest BCUT2D eigenvalue weighted by Crippen LogP contribution is -2.76. The van der Waals surface area contributed by atoms with Crippen molar-refractivity contribution in [3.63, 3.8) is 0 Å². The number of para-hydroxylation sites is 3. The molecule has 3 heterocycles. The first kappa shape index (κ1) is 28.5. The average Bonchev–Trinajstić information content (AvgIpc) is 3.01. The van der Waals surface area contributed by atoms with Crippen LogP contribution in [0.4, 0.5) is 31.4 Å². The van der Waals surface area contributed by atoms with Gasteiger partial charge in [0, 0.05) is 36.7 Å². The molecule has 3 saturated heterocycles. The second-order valence-electron chi connectivity index (χ2n) is 11.6. The number of rotatable bonds is 3. The van der Waals surface area contributed by atoms with Gasteiger partial charge in [-0.25, -0.2) is 19.3 Å². The Balaban J connectivity index is 1.27. The molecule has 3 aliphatic heterocycles. The fourth-order valence-corrected chi connectivity index (χ4v) is 6.62. The van der Waals surface area contributed by atoms with Gasteiger partial charge in [0.2, 0.25) is 0 Å². The van der Waals surface area contributed by atoms with Crippen LogP contribution in [0.1, 0.15) is 36.0 Å². The Morgan fingerprint density at radius 3 is 1.07 bits per heavy atom. The summed E-state index contributed by atoms with van der Waals surface area (Å²) in [6.07, 6.45) is 0.937. The number of urea groups is 3. The lowest BCUT2D eigenvalue weighted by Gasteiger charge is -2.61. The summed E-state index contributed by atoms with van der Waals surface area (Å²) in [4.78, 5) is 48.9. The van der Waals surface area contributed by atoms with Crippen LogP contribution in [0.3, 0.4) is 0 Å². The van der Waals surface area contributed by atoms with E-state index in [-0.39, 0.29) is 36.6 Å². The Bertz CT molecular complexity index is 1350. The van der Waals surface area contributed by atoms with Gasteiger partial charge in [0.05, 0.1) is 18.5 Å². The van der Waals surface area contributed by atoms with Gasteiger partial charge in [-0.05, 0) is 74.9 Å². The number of hydrogen-bond donors (Lipinski definition) is 3. The summed E-state index contributed by atoms with van der Waals surface area (Å²) in [6.45, 7) is 7.41. The topological polar surface area (TPSA) is 100 Å². The van der Waals surface area contributed by atoms with Crippen LogP contribution in [0.15, 0.2) is 72.8 Å². The van der Waals surface area contributed by atoms with E-state index in [2.05, 4.69) is 20.9 Å². The van der Waals surface area contributed by atoms with Crippen LogP contribution < -0.4 is 16.0 Å². The van der Waals surface area contributed by atoms with Crippen molar-refractivity contribution in [2.75, 3.05) is 35.6 Å². The summed E-state index contributed by atoms with van der Waals surface area (Å²) in [5.41, 5.74) is 5.30. The summed E-state index contributed by atoms with van der Waals surface area (Å²) in [5.74, 6) is 0. The Kier molecular flexibility index (Phi) is 7.94. The fraction of sp³-hybridized carbons (Fsp3) is 0.364. The van der Waals surface area contributed by atoms with Crippen LogP contribution in [-0.2, 0) is 0 Å². The third-order valence-electron chi connectivity index (χ3n) is 8.94. The van der Waals surface area contributed by atoms with Gasteiger partial charge in [0.1, 0.15) is 0 Å². The lowest BCUT2D eigenvalue weighted by atomic mass is 9.98. The normalized spacial score (nSPS) is 21.6. The van der Waals surface area contributed by atoms with E-state index >= 15 is 0 Å². The van der Waals surface area contributed by atoms with Crippen molar-refractivity contribution in [2.24, 2.45) is 0 Å². The first-order valence-corrected chi connectivity index (χ1v) is 15.0. The van der Waals surface area contributed by atoms with Gasteiger partial charge >= 0.3 is 18.1 Å². The highest BCUT2D eigenvalue weighted by molar-refractivity contribution is 5.92. The molecule has 3 aromatic carbocycles. The molecule has 3 N–H and O–H groups in total. The number of anilines is 3. The molecule has 0 bridgehead atoms. The molecule has 0 aromatic heterocycles. The molecule has 3 atom stereocenters. The number of amides is 6. The molecule has 0 saturated carbocycles. The molecule has 224 valence electrons. The Hall–Kier alpha value is -4.57. The number of hydrogen-bond acceptors (Lipinski definition) is 4. The minimum absolute atomic E-state index is 0.171. The number of nitrogens with one attached hydrogen (secondary N) is 3. The molecule has 3 unspecified atom stereocenters. The number of aryl methyl sites for hydroxylation is 3. The van der Waals surface area contributed by atoms with E-state index in [1.807, 2.05) is 108 Å². The number of carbonyl (C=O) groups excluding carboxylic acids is 3. The number of nitrogens with zero attached hydrogens (tertiary/aromatic N) is 4. The lowest BCUT2D eigenvalue weighted by molar-refractivity contribution is -0.164. The second-order valence-corrected chi connectivity index (χ2v) is 11.6. The minimum Gasteiger partial charge on any atom is -0.308 e. The van der Waals surface area contributed by atoms with Crippen LogP contribution in [0.2, 0.25) is 0 Å². The van der Waals surface area contributed by atoms with Crippen LogP contribution in [0.5, 0.6) is 0 Å². The predicted molar refractivity (Wildman–Crippen MR) is 168 cm³/mol. The molecular formula is C33H39N7O3. The van der Waals surface area contributed by atoms with E-state index in [1.54, 1.807) is 0 Å². The van der Waals surface area contributed by atoms with E-state index in [4.69, 9.17) is 0 Å². The van der Waals surface area contributed by atoms with Crippen molar-refractivity contribution < 1.29 is 14.4 Å². The first-order valence-electron chi connectivity index (χ1n) is 15.0. The molecule has 3 aliphatic rings. The summed E-state index contributed by atoms with van der Waals surface area (Å²) < 4.78 is 0. The highest BCUT2D eigenvalue weighted by atomic mass is 16.2. The maximum Gasteiger partial charge on any atom is 0.323 e. The van der Waals surface area contributed by atoms with Crippen molar-refractivity contribution >= 4 is 35.2 Å². The Morgan fingerprint density at radius 1 is 0.512 bits per heavy atom. The highest BCUT2D eigenvalue weighted by Gasteiger charge is 2.52. The van der Waals surface area contributed by atoms with E-state index in [0.29, 0.717) is 38.9 Å². The standard InChI is InChI=1S/C33H39N7O3/c1-22-10-4-7-13-25(22)34-31(41)37-19-16-29-39(33(43)36-27-15-9-6-12-24(27)3)21-18-30-38(20-17-28(37)40(29)30)32(42)35-26-14-8-5-11-23(26)2/h4-15,28-30H,16-21H2,1-3H3,(H,34,41)(H,35,42)(H,36,43). The summed E-state index contributed by atoms with van der Waals surface area (Å²) in [7, 11) is 0. The first-order chi connectivity index (χ1) is 20.8. The van der Waals surface area contributed by atoms with Gasteiger partial charge < -0.3 is 30.7 Å². The largest absolute Gasteiger partial charge is 0.323 e. The summed E-state index contributed by atoms with van der Waals surface area (Å²) in [6, 6.07) is 22.7. The average molecular weight is 582 g/mol. The SMILES string of the molecule is Cc1ccccc1NC(=O)N1CCC2N(C(=O)Nc3ccccc3C)CCC3N(C(=O)Nc4ccccc4C)CCC1N23. The zero-order valence-electron chi connectivity index (χ0n) is 24.9.